The number of carboxylic acids is 1. The second-order valence-corrected chi connectivity index (χ2v) is 4.86. The van der Waals surface area contributed by atoms with Crippen molar-refractivity contribution in [3.05, 3.63) is 35.4 Å². The Balaban J connectivity index is 2.17. The minimum Gasteiger partial charge on any atom is -0.478 e. The molecule has 0 saturated heterocycles. The van der Waals surface area contributed by atoms with Crippen LogP contribution in [0.15, 0.2) is 18.5 Å². The molecule has 2 rings (SSSR count). The fourth-order valence-corrected chi connectivity index (χ4v) is 2.30. The lowest BCUT2D eigenvalue weighted by molar-refractivity contribution is 0.0696. The predicted octanol–water partition coefficient (Wildman–Crippen LogP) is 2.50. The minimum absolute atomic E-state index is 0.240. The first-order valence-corrected chi connectivity index (χ1v) is 6.86. The molecule has 1 N–H and O–H groups in total. The number of carbonyl (C=O) groups is 1. The maximum atomic E-state index is 11.0. The third-order valence-corrected chi connectivity index (χ3v) is 3.63. The van der Waals surface area contributed by atoms with Gasteiger partial charge in [0.25, 0.3) is 0 Å². The summed E-state index contributed by atoms with van der Waals surface area (Å²) >= 11 is 0. The molecule has 0 radical (unpaired) electrons. The van der Waals surface area contributed by atoms with Gasteiger partial charge in [0.05, 0.1) is 30.2 Å². The number of carboxylic acid groups (broad SMARTS) is 1. The molecule has 20 heavy (non-hydrogen) atoms. The van der Waals surface area contributed by atoms with Crippen molar-refractivity contribution in [2.75, 3.05) is 0 Å². The summed E-state index contributed by atoms with van der Waals surface area (Å²) in [5, 5.41) is 17.7. The van der Waals surface area contributed by atoms with Crippen LogP contribution < -0.4 is 0 Å². The van der Waals surface area contributed by atoms with Crippen LogP contribution in [0.4, 0.5) is 0 Å². The van der Waals surface area contributed by atoms with Crippen LogP contribution in [0.3, 0.4) is 0 Å². The Morgan fingerprint density at radius 3 is 2.65 bits per heavy atom. The lowest BCUT2D eigenvalue weighted by Crippen LogP contribution is -2.10. The van der Waals surface area contributed by atoms with E-state index in [1.165, 1.54) is 6.20 Å². The first-order chi connectivity index (χ1) is 9.56. The normalized spacial score (nSPS) is 11.2. The van der Waals surface area contributed by atoms with Crippen molar-refractivity contribution in [2.45, 2.75) is 46.2 Å². The summed E-state index contributed by atoms with van der Waals surface area (Å²) in [5.74, 6) is -0.948. The number of hydrogen-bond acceptors (Lipinski definition) is 3. The Morgan fingerprint density at radius 2 is 2.10 bits per heavy atom. The van der Waals surface area contributed by atoms with Crippen molar-refractivity contribution in [1.82, 2.24) is 19.6 Å². The molecule has 0 aliphatic rings. The molecule has 2 heterocycles. The van der Waals surface area contributed by atoms with Crippen molar-refractivity contribution >= 4 is 5.97 Å². The molecule has 6 heteroatoms. The maximum Gasteiger partial charge on any atom is 0.339 e. The Hall–Kier alpha value is -2.11. The van der Waals surface area contributed by atoms with Crippen molar-refractivity contribution < 1.29 is 9.90 Å². The second-order valence-electron chi connectivity index (χ2n) is 4.86. The number of aromatic nitrogens is 4. The van der Waals surface area contributed by atoms with Crippen molar-refractivity contribution in [2.24, 2.45) is 0 Å². The van der Waals surface area contributed by atoms with Crippen LogP contribution >= 0.6 is 0 Å². The Bertz CT molecular complexity index is 596. The van der Waals surface area contributed by atoms with Gasteiger partial charge in [-0.15, -0.1) is 0 Å². The molecule has 0 aliphatic heterocycles. The van der Waals surface area contributed by atoms with Gasteiger partial charge in [-0.2, -0.15) is 10.2 Å². The first-order valence-electron chi connectivity index (χ1n) is 6.86. The van der Waals surface area contributed by atoms with Crippen LogP contribution in [0.1, 0.15) is 54.5 Å². The van der Waals surface area contributed by atoms with E-state index in [0.29, 0.717) is 18.3 Å². The third-order valence-electron chi connectivity index (χ3n) is 3.63. The molecule has 0 fully saturated rings. The first kappa shape index (κ1) is 14.3. The summed E-state index contributed by atoms with van der Waals surface area (Å²) in [6.07, 6.45) is 5.45. The fourth-order valence-electron chi connectivity index (χ4n) is 2.30. The molecule has 108 valence electrons. The van der Waals surface area contributed by atoms with Crippen LogP contribution in [0.5, 0.6) is 0 Å². The molecule has 0 saturated carbocycles. The van der Waals surface area contributed by atoms with Gasteiger partial charge >= 0.3 is 5.97 Å². The van der Waals surface area contributed by atoms with E-state index < -0.39 is 5.97 Å². The second kappa shape index (κ2) is 5.90. The molecule has 0 amide bonds. The van der Waals surface area contributed by atoms with Gasteiger partial charge in [-0.1, -0.05) is 13.8 Å². The quantitative estimate of drug-likeness (QED) is 0.879. The van der Waals surface area contributed by atoms with E-state index in [2.05, 4.69) is 24.0 Å². The monoisotopic (exact) mass is 276 g/mol. The molecular weight excluding hydrogens is 256 g/mol. The molecule has 0 unspecified atom stereocenters. The predicted molar refractivity (Wildman–Crippen MR) is 74.9 cm³/mol. The third kappa shape index (κ3) is 2.74. The van der Waals surface area contributed by atoms with Crippen molar-refractivity contribution in [3.63, 3.8) is 0 Å². The zero-order valence-electron chi connectivity index (χ0n) is 12.1. The van der Waals surface area contributed by atoms with Crippen LogP contribution in [0.25, 0.3) is 0 Å². The SMILES string of the molecule is CCC(CC)n1ccc(Cn2ncc(C(=O)O)c2C)n1. The molecule has 0 spiro atoms. The van der Waals surface area contributed by atoms with Gasteiger partial charge in [0.1, 0.15) is 5.56 Å². The van der Waals surface area contributed by atoms with Gasteiger partial charge in [0, 0.05) is 6.20 Å². The summed E-state index contributed by atoms with van der Waals surface area (Å²) in [6, 6.07) is 2.37. The maximum absolute atomic E-state index is 11.0. The van der Waals surface area contributed by atoms with Crippen molar-refractivity contribution in [3.8, 4) is 0 Å². The largest absolute Gasteiger partial charge is 0.478 e. The van der Waals surface area contributed by atoms with Gasteiger partial charge in [-0.25, -0.2) is 4.79 Å². The van der Waals surface area contributed by atoms with Gasteiger partial charge < -0.3 is 5.11 Å². The molecule has 0 atom stereocenters. The Kier molecular flexibility index (Phi) is 4.22. The molecule has 0 aromatic carbocycles. The Labute approximate surface area is 118 Å². The number of aromatic carboxylic acids is 1. The Morgan fingerprint density at radius 1 is 1.40 bits per heavy atom. The summed E-state index contributed by atoms with van der Waals surface area (Å²) in [7, 11) is 0. The van der Waals surface area contributed by atoms with Gasteiger partial charge in [0.2, 0.25) is 0 Å². The van der Waals surface area contributed by atoms with Gasteiger partial charge in [-0.3, -0.25) is 9.36 Å². The number of hydrogen-bond donors (Lipinski definition) is 1. The van der Waals surface area contributed by atoms with E-state index in [4.69, 9.17) is 5.11 Å². The average molecular weight is 276 g/mol. The van der Waals surface area contributed by atoms with Crippen LogP contribution in [-0.4, -0.2) is 30.6 Å². The summed E-state index contributed by atoms with van der Waals surface area (Å²) in [4.78, 5) is 11.0. The smallest absolute Gasteiger partial charge is 0.339 e. The minimum atomic E-state index is -0.948. The molecule has 0 bridgehead atoms. The zero-order valence-corrected chi connectivity index (χ0v) is 12.1. The van der Waals surface area contributed by atoms with E-state index >= 15 is 0 Å². The summed E-state index contributed by atoms with van der Waals surface area (Å²) in [5.41, 5.74) is 1.78. The van der Waals surface area contributed by atoms with E-state index in [9.17, 15) is 4.79 Å². The zero-order chi connectivity index (χ0) is 14.7. The van der Waals surface area contributed by atoms with Gasteiger partial charge in [-0.05, 0) is 25.8 Å². The van der Waals surface area contributed by atoms with Crippen LogP contribution in [0.2, 0.25) is 0 Å². The highest BCUT2D eigenvalue weighted by molar-refractivity contribution is 5.88. The highest BCUT2D eigenvalue weighted by atomic mass is 16.4. The topological polar surface area (TPSA) is 72.9 Å². The van der Waals surface area contributed by atoms with Gasteiger partial charge in [0.15, 0.2) is 0 Å². The highest BCUT2D eigenvalue weighted by Gasteiger charge is 2.14. The molecule has 2 aromatic rings. The van der Waals surface area contributed by atoms with E-state index in [1.54, 1.807) is 11.6 Å². The van der Waals surface area contributed by atoms with Crippen LogP contribution in [0, 0.1) is 6.92 Å². The lowest BCUT2D eigenvalue weighted by atomic mass is 10.2. The lowest BCUT2D eigenvalue weighted by Gasteiger charge is -2.12. The number of nitrogens with zero attached hydrogens (tertiary/aromatic N) is 4. The van der Waals surface area contributed by atoms with E-state index in [0.717, 1.165) is 18.5 Å². The van der Waals surface area contributed by atoms with E-state index in [-0.39, 0.29) is 5.56 Å². The van der Waals surface area contributed by atoms with E-state index in [1.807, 2.05) is 16.9 Å². The molecular formula is C14H20N4O2. The summed E-state index contributed by atoms with van der Waals surface area (Å²) < 4.78 is 3.65. The number of rotatable bonds is 6. The molecule has 0 aliphatic carbocycles. The summed E-state index contributed by atoms with van der Waals surface area (Å²) in [6.45, 7) is 6.54. The van der Waals surface area contributed by atoms with Crippen LogP contribution in [-0.2, 0) is 6.54 Å². The molecule has 6 nitrogen and oxygen atoms in total. The molecule has 2 aromatic heterocycles. The standard InChI is InChI=1S/C14H20N4O2/c1-4-12(5-2)17-7-6-11(16-17)9-18-10(3)13(8-15-18)14(19)20/h6-8,12H,4-5,9H2,1-3H3,(H,19,20). The fraction of sp³-hybridized carbons (Fsp3) is 0.500. The highest BCUT2D eigenvalue weighted by Crippen LogP contribution is 2.15. The average Bonchev–Trinajstić information content (AvgIpc) is 3.00. The van der Waals surface area contributed by atoms with Crippen molar-refractivity contribution in [1.29, 1.82) is 0 Å².